The zero-order chi connectivity index (χ0) is 15.0. The molecule has 108 valence electrons. The van der Waals surface area contributed by atoms with Gasteiger partial charge in [-0.15, -0.1) is 0 Å². The molecule has 0 atom stereocenters. The number of fused-ring (bicyclic) bond motifs is 1. The molecule has 0 aliphatic carbocycles. The molecular formula is C15H12ClFN2O2. The van der Waals surface area contributed by atoms with E-state index in [0.29, 0.717) is 18.6 Å². The van der Waals surface area contributed by atoms with Gasteiger partial charge < -0.3 is 15.8 Å². The number of rotatable bonds is 2. The Labute approximate surface area is 125 Å². The Morgan fingerprint density at radius 3 is 2.86 bits per heavy atom. The summed E-state index contributed by atoms with van der Waals surface area (Å²) in [5.74, 6) is 0.140. The lowest BCUT2D eigenvalue weighted by atomic mass is 10.0. The fraction of sp³-hybridized carbons (Fsp3) is 0.133. The monoisotopic (exact) mass is 306 g/mol. The molecule has 0 fully saturated rings. The summed E-state index contributed by atoms with van der Waals surface area (Å²) in [6, 6.07) is 7.71. The highest BCUT2D eigenvalue weighted by Gasteiger charge is 2.16. The van der Waals surface area contributed by atoms with Crippen LogP contribution < -0.4 is 15.8 Å². The summed E-state index contributed by atoms with van der Waals surface area (Å²) < 4.78 is 19.1. The summed E-state index contributed by atoms with van der Waals surface area (Å²) >= 11 is 5.65. The number of anilines is 2. The van der Waals surface area contributed by atoms with Crippen molar-refractivity contribution in [2.24, 2.45) is 0 Å². The summed E-state index contributed by atoms with van der Waals surface area (Å²) in [5.41, 5.74) is 7.76. The predicted molar refractivity (Wildman–Crippen MR) is 79.3 cm³/mol. The molecule has 21 heavy (non-hydrogen) atoms. The van der Waals surface area contributed by atoms with Crippen LogP contribution in [0.4, 0.5) is 15.8 Å². The van der Waals surface area contributed by atoms with E-state index >= 15 is 0 Å². The van der Waals surface area contributed by atoms with Gasteiger partial charge in [0.25, 0.3) is 0 Å². The van der Waals surface area contributed by atoms with Gasteiger partial charge in [0.05, 0.1) is 10.7 Å². The number of carbonyl (C=O) groups is 1. The van der Waals surface area contributed by atoms with E-state index in [1.807, 2.05) is 0 Å². The van der Waals surface area contributed by atoms with Crippen LogP contribution in [0.2, 0.25) is 5.02 Å². The third-order valence-corrected chi connectivity index (χ3v) is 3.54. The second-order valence-corrected chi connectivity index (χ2v) is 5.18. The van der Waals surface area contributed by atoms with Crippen molar-refractivity contribution in [1.82, 2.24) is 0 Å². The standard InChI is InChI=1S/C15H12ClFN2O2/c16-10-6-12(18)14(7-11(10)17)21-9-2-3-13-8(5-9)1-4-15(20)19-13/h2-3,5-7H,1,4,18H2,(H,19,20). The fourth-order valence-electron chi connectivity index (χ4n) is 2.18. The van der Waals surface area contributed by atoms with Gasteiger partial charge in [-0.25, -0.2) is 4.39 Å². The second-order valence-electron chi connectivity index (χ2n) is 4.77. The van der Waals surface area contributed by atoms with E-state index < -0.39 is 5.82 Å². The molecule has 1 aliphatic rings. The molecule has 0 saturated heterocycles. The minimum Gasteiger partial charge on any atom is -0.455 e. The molecule has 3 rings (SSSR count). The van der Waals surface area contributed by atoms with Crippen LogP contribution in [-0.4, -0.2) is 5.91 Å². The van der Waals surface area contributed by atoms with E-state index in [-0.39, 0.29) is 22.4 Å². The molecule has 0 spiro atoms. The lowest BCUT2D eigenvalue weighted by molar-refractivity contribution is -0.116. The molecule has 2 aromatic carbocycles. The maximum atomic E-state index is 13.5. The average molecular weight is 307 g/mol. The molecule has 3 N–H and O–H groups in total. The third-order valence-electron chi connectivity index (χ3n) is 3.25. The summed E-state index contributed by atoms with van der Waals surface area (Å²) in [6.07, 6.45) is 1.08. The molecular weight excluding hydrogens is 295 g/mol. The van der Waals surface area contributed by atoms with E-state index in [2.05, 4.69) is 5.32 Å². The second kappa shape index (κ2) is 5.26. The lowest BCUT2D eigenvalue weighted by Crippen LogP contribution is -2.18. The minimum absolute atomic E-state index is 0.000171. The normalized spacial score (nSPS) is 13.5. The molecule has 0 bridgehead atoms. The van der Waals surface area contributed by atoms with Crippen LogP contribution in [0.3, 0.4) is 0 Å². The summed E-state index contributed by atoms with van der Waals surface area (Å²) in [4.78, 5) is 11.3. The third kappa shape index (κ3) is 2.78. The summed E-state index contributed by atoms with van der Waals surface area (Å²) in [6.45, 7) is 0. The zero-order valence-electron chi connectivity index (χ0n) is 11.0. The number of nitrogen functional groups attached to an aromatic ring is 1. The highest BCUT2D eigenvalue weighted by Crippen LogP contribution is 2.34. The van der Waals surface area contributed by atoms with Gasteiger partial charge in [-0.3, -0.25) is 4.79 Å². The number of hydrogen-bond donors (Lipinski definition) is 2. The number of nitrogens with one attached hydrogen (secondary N) is 1. The Hall–Kier alpha value is -2.27. The highest BCUT2D eigenvalue weighted by atomic mass is 35.5. The van der Waals surface area contributed by atoms with E-state index in [9.17, 15) is 9.18 Å². The van der Waals surface area contributed by atoms with Gasteiger partial charge in [0.1, 0.15) is 11.6 Å². The molecule has 1 aliphatic heterocycles. The van der Waals surface area contributed by atoms with E-state index in [0.717, 1.165) is 17.3 Å². The fourth-order valence-corrected chi connectivity index (χ4v) is 2.35. The van der Waals surface area contributed by atoms with Gasteiger partial charge in [-0.05, 0) is 36.2 Å². The molecule has 0 aromatic heterocycles. The van der Waals surface area contributed by atoms with E-state index in [4.69, 9.17) is 22.1 Å². The maximum absolute atomic E-state index is 13.5. The van der Waals surface area contributed by atoms with Crippen LogP contribution in [0, 0.1) is 5.82 Å². The van der Waals surface area contributed by atoms with Crippen molar-refractivity contribution in [3.63, 3.8) is 0 Å². The van der Waals surface area contributed by atoms with Crippen LogP contribution in [0.1, 0.15) is 12.0 Å². The topological polar surface area (TPSA) is 64.3 Å². The molecule has 2 aromatic rings. The first-order chi connectivity index (χ1) is 10.0. The van der Waals surface area contributed by atoms with E-state index in [1.165, 1.54) is 6.07 Å². The van der Waals surface area contributed by atoms with Crippen LogP contribution >= 0.6 is 11.6 Å². The van der Waals surface area contributed by atoms with Crippen molar-refractivity contribution in [3.8, 4) is 11.5 Å². The van der Waals surface area contributed by atoms with Crippen LogP contribution in [0.5, 0.6) is 11.5 Å². The number of carbonyl (C=O) groups excluding carboxylic acids is 1. The van der Waals surface area contributed by atoms with Crippen molar-refractivity contribution < 1.29 is 13.9 Å². The van der Waals surface area contributed by atoms with Gasteiger partial charge in [0.15, 0.2) is 5.75 Å². The van der Waals surface area contributed by atoms with Crippen LogP contribution in [0.25, 0.3) is 0 Å². The first-order valence-corrected chi connectivity index (χ1v) is 6.76. The van der Waals surface area contributed by atoms with Crippen molar-refractivity contribution in [3.05, 3.63) is 46.7 Å². The van der Waals surface area contributed by atoms with Gasteiger partial charge in [-0.1, -0.05) is 11.6 Å². The van der Waals surface area contributed by atoms with Crippen molar-refractivity contribution in [2.45, 2.75) is 12.8 Å². The first-order valence-electron chi connectivity index (χ1n) is 6.38. The highest BCUT2D eigenvalue weighted by molar-refractivity contribution is 6.31. The van der Waals surface area contributed by atoms with Crippen molar-refractivity contribution in [2.75, 3.05) is 11.1 Å². The summed E-state index contributed by atoms with van der Waals surface area (Å²) in [5, 5.41) is 2.73. The maximum Gasteiger partial charge on any atom is 0.224 e. The molecule has 1 amide bonds. The van der Waals surface area contributed by atoms with Crippen molar-refractivity contribution in [1.29, 1.82) is 0 Å². The largest absolute Gasteiger partial charge is 0.455 e. The smallest absolute Gasteiger partial charge is 0.224 e. The molecule has 0 radical (unpaired) electrons. The Morgan fingerprint density at radius 2 is 2.05 bits per heavy atom. The van der Waals surface area contributed by atoms with E-state index in [1.54, 1.807) is 18.2 Å². The number of benzene rings is 2. The van der Waals surface area contributed by atoms with Crippen molar-refractivity contribution >= 4 is 28.9 Å². The van der Waals surface area contributed by atoms with Gasteiger partial charge >= 0.3 is 0 Å². The quantitative estimate of drug-likeness (QED) is 0.831. The summed E-state index contributed by atoms with van der Waals surface area (Å²) in [7, 11) is 0. The Morgan fingerprint density at radius 1 is 1.24 bits per heavy atom. The predicted octanol–water partition coefficient (Wildman–Crippen LogP) is 3.74. The number of hydrogen-bond acceptors (Lipinski definition) is 3. The molecule has 6 heteroatoms. The van der Waals surface area contributed by atoms with Gasteiger partial charge in [-0.2, -0.15) is 0 Å². The number of ether oxygens (including phenoxy) is 1. The number of nitrogens with two attached hydrogens (primary N) is 1. The average Bonchev–Trinajstić information content (AvgIpc) is 2.45. The Bertz CT molecular complexity index is 734. The lowest BCUT2D eigenvalue weighted by Gasteiger charge is -2.18. The molecule has 1 heterocycles. The molecule has 0 saturated carbocycles. The first kappa shape index (κ1) is 13.7. The minimum atomic E-state index is -0.592. The number of amides is 1. The van der Waals surface area contributed by atoms with Crippen LogP contribution in [-0.2, 0) is 11.2 Å². The zero-order valence-corrected chi connectivity index (χ0v) is 11.7. The molecule has 4 nitrogen and oxygen atoms in total. The van der Waals surface area contributed by atoms with Gasteiger partial charge in [0, 0.05) is 18.2 Å². The Kier molecular flexibility index (Phi) is 3.43. The number of halogens is 2. The van der Waals surface area contributed by atoms with Crippen LogP contribution in [0.15, 0.2) is 30.3 Å². The Balaban J connectivity index is 1.89. The molecule has 0 unspecified atom stereocenters. The number of aryl methyl sites for hydroxylation is 1. The SMILES string of the molecule is Nc1cc(Cl)c(F)cc1Oc1ccc2c(c1)CCC(=O)N2. The van der Waals surface area contributed by atoms with Gasteiger partial charge in [0.2, 0.25) is 5.91 Å².